The topological polar surface area (TPSA) is 113 Å². The number of hydrogen-bond acceptors (Lipinski definition) is 4. The molecule has 0 aliphatic heterocycles. The average molecular weight is 285 g/mol. The van der Waals surface area contributed by atoms with Crippen LogP contribution in [0.1, 0.15) is 10.5 Å². The van der Waals surface area contributed by atoms with Crippen LogP contribution < -0.4 is 5.32 Å². The monoisotopic (exact) mass is 285 g/mol. The maximum Gasteiger partial charge on any atom is 0.325 e. The first kappa shape index (κ1) is 12.9. The number of aromatic amines is 1. The Bertz CT molecular complexity index is 820. The van der Waals surface area contributed by atoms with Crippen molar-refractivity contribution in [1.29, 1.82) is 0 Å². The molecule has 106 valence electrons. The summed E-state index contributed by atoms with van der Waals surface area (Å²) < 4.78 is 1.22. The van der Waals surface area contributed by atoms with Crippen molar-refractivity contribution in [2.75, 3.05) is 5.32 Å². The molecule has 1 amide bonds. The summed E-state index contributed by atoms with van der Waals surface area (Å²) in [4.78, 5) is 22.7. The summed E-state index contributed by atoms with van der Waals surface area (Å²) in [6.07, 6.45) is 2.83. The van der Waals surface area contributed by atoms with Crippen LogP contribution in [0.15, 0.2) is 36.7 Å². The highest BCUT2D eigenvalue weighted by molar-refractivity contribution is 6.10. The molecule has 0 aliphatic carbocycles. The number of carboxylic acid groups (broad SMARTS) is 1. The van der Waals surface area contributed by atoms with E-state index in [0.29, 0.717) is 11.1 Å². The summed E-state index contributed by atoms with van der Waals surface area (Å²) in [7, 11) is 0. The molecule has 3 N–H and O–H groups in total. The van der Waals surface area contributed by atoms with Gasteiger partial charge in [0.15, 0.2) is 5.69 Å². The number of H-pyrrole nitrogens is 1. The molecule has 0 radical (unpaired) electrons. The summed E-state index contributed by atoms with van der Waals surface area (Å²) in [5.41, 5.74) is 1.45. The van der Waals surface area contributed by atoms with E-state index in [9.17, 15) is 9.59 Å². The standard InChI is InChI=1S/C13H11N5O3/c19-11(20)7-18-6-8(5-14-18)15-13(21)12-9-3-1-2-4-10(9)16-17-12/h1-6H,7H2,(H,15,21)(H,16,17)(H,19,20). The molecule has 0 bridgehead atoms. The van der Waals surface area contributed by atoms with Gasteiger partial charge in [-0.1, -0.05) is 18.2 Å². The largest absolute Gasteiger partial charge is 0.480 e. The van der Waals surface area contributed by atoms with Crippen LogP contribution in [0.25, 0.3) is 10.9 Å². The third-order valence-corrected chi connectivity index (χ3v) is 2.87. The minimum Gasteiger partial charge on any atom is -0.480 e. The maximum atomic E-state index is 12.2. The Morgan fingerprint density at radius 3 is 2.95 bits per heavy atom. The second-order valence-corrected chi connectivity index (χ2v) is 4.39. The van der Waals surface area contributed by atoms with Gasteiger partial charge in [0.05, 0.1) is 17.4 Å². The van der Waals surface area contributed by atoms with Crippen LogP contribution in [0, 0.1) is 0 Å². The van der Waals surface area contributed by atoms with Gasteiger partial charge in [-0.05, 0) is 6.07 Å². The third-order valence-electron chi connectivity index (χ3n) is 2.87. The predicted octanol–water partition coefficient (Wildman–Crippen LogP) is 1.10. The summed E-state index contributed by atoms with van der Waals surface area (Å²) in [6, 6.07) is 7.28. The Morgan fingerprint density at radius 2 is 2.14 bits per heavy atom. The fourth-order valence-electron chi connectivity index (χ4n) is 1.98. The van der Waals surface area contributed by atoms with Crippen LogP contribution in [-0.2, 0) is 11.3 Å². The van der Waals surface area contributed by atoms with E-state index in [1.807, 2.05) is 18.2 Å². The lowest BCUT2D eigenvalue weighted by Crippen LogP contribution is -2.12. The van der Waals surface area contributed by atoms with Crippen LogP contribution >= 0.6 is 0 Å². The average Bonchev–Trinajstić information content (AvgIpc) is 3.04. The zero-order chi connectivity index (χ0) is 14.8. The van der Waals surface area contributed by atoms with E-state index in [0.717, 1.165) is 5.52 Å². The van der Waals surface area contributed by atoms with E-state index in [4.69, 9.17) is 5.11 Å². The van der Waals surface area contributed by atoms with Crippen molar-refractivity contribution in [3.8, 4) is 0 Å². The zero-order valence-corrected chi connectivity index (χ0v) is 10.8. The minimum absolute atomic E-state index is 0.263. The van der Waals surface area contributed by atoms with Crippen LogP contribution in [-0.4, -0.2) is 37.0 Å². The van der Waals surface area contributed by atoms with E-state index in [2.05, 4.69) is 20.6 Å². The van der Waals surface area contributed by atoms with Gasteiger partial charge < -0.3 is 10.4 Å². The molecular weight excluding hydrogens is 274 g/mol. The number of hydrogen-bond donors (Lipinski definition) is 3. The number of aliphatic carboxylic acids is 1. The van der Waals surface area contributed by atoms with Crippen molar-refractivity contribution in [3.63, 3.8) is 0 Å². The SMILES string of the molecule is O=C(O)Cn1cc(NC(=O)c2n[nH]c3ccccc23)cn1. The summed E-state index contributed by atoms with van der Waals surface area (Å²) in [6.45, 7) is -0.263. The summed E-state index contributed by atoms with van der Waals surface area (Å²) >= 11 is 0. The number of carbonyl (C=O) groups is 2. The molecule has 1 aromatic carbocycles. The molecule has 3 aromatic rings. The van der Waals surface area contributed by atoms with Gasteiger partial charge in [0, 0.05) is 11.6 Å². The van der Waals surface area contributed by atoms with E-state index >= 15 is 0 Å². The molecule has 0 spiro atoms. The van der Waals surface area contributed by atoms with Gasteiger partial charge in [-0.15, -0.1) is 0 Å². The van der Waals surface area contributed by atoms with E-state index in [1.165, 1.54) is 17.1 Å². The number of para-hydroxylation sites is 1. The smallest absolute Gasteiger partial charge is 0.325 e. The highest BCUT2D eigenvalue weighted by Crippen LogP contribution is 2.16. The molecule has 2 heterocycles. The van der Waals surface area contributed by atoms with Gasteiger partial charge in [-0.25, -0.2) is 0 Å². The van der Waals surface area contributed by atoms with E-state index < -0.39 is 5.97 Å². The predicted molar refractivity (Wildman–Crippen MR) is 73.9 cm³/mol. The van der Waals surface area contributed by atoms with Crippen LogP contribution in [0.2, 0.25) is 0 Å². The number of carbonyl (C=O) groups excluding carboxylic acids is 1. The molecule has 0 aliphatic rings. The molecule has 0 unspecified atom stereocenters. The lowest BCUT2D eigenvalue weighted by Gasteiger charge is -1.99. The number of anilines is 1. The van der Waals surface area contributed by atoms with Crippen LogP contribution in [0.5, 0.6) is 0 Å². The van der Waals surface area contributed by atoms with Crippen molar-refractivity contribution >= 4 is 28.5 Å². The fourth-order valence-corrected chi connectivity index (χ4v) is 1.98. The summed E-state index contributed by atoms with van der Waals surface area (Å²) in [5.74, 6) is -1.39. The van der Waals surface area contributed by atoms with Gasteiger partial charge >= 0.3 is 5.97 Å². The Morgan fingerprint density at radius 1 is 1.33 bits per heavy atom. The Labute approximate surface area is 118 Å². The Hall–Kier alpha value is -3.16. The number of carboxylic acids is 1. The quantitative estimate of drug-likeness (QED) is 0.664. The zero-order valence-electron chi connectivity index (χ0n) is 10.8. The van der Waals surface area contributed by atoms with Crippen molar-refractivity contribution in [3.05, 3.63) is 42.4 Å². The lowest BCUT2D eigenvalue weighted by molar-refractivity contribution is -0.137. The molecule has 8 nitrogen and oxygen atoms in total. The molecule has 2 aromatic heterocycles. The third kappa shape index (κ3) is 2.59. The molecule has 0 fully saturated rings. The fraction of sp³-hybridized carbons (Fsp3) is 0.0769. The van der Waals surface area contributed by atoms with E-state index in [1.54, 1.807) is 6.07 Å². The van der Waals surface area contributed by atoms with Gasteiger partial charge in [0.1, 0.15) is 6.54 Å². The summed E-state index contributed by atoms with van der Waals surface area (Å²) in [5, 5.41) is 22.6. The molecule has 8 heteroatoms. The number of aromatic nitrogens is 4. The number of nitrogens with zero attached hydrogens (tertiary/aromatic N) is 3. The number of nitrogens with one attached hydrogen (secondary N) is 2. The van der Waals surface area contributed by atoms with Gasteiger partial charge in [-0.3, -0.25) is 19.4 Å². The van der Waals surface area contributed by atoms with Crippen LogP contribution in [0.3, 0.4) is 0 Å². The van der Waals surface area contributed by atoms with Gasteiger partial charge in [-0.2, -0.15) is 10.2 Å². The van der Waals surface area contributed by atoms with Crippen molar-refractivity contribution < 1.29 is 14.7 Å². The Balaban J connectivity index is 1.80. The molecule has 0 atom stereocenters. The van der Waals surface area contributed by atoms with Crippen molar-refractivity contribution in [2.45, 2.75) is 6.54 Å². The number of rotatable bonds is 4. The minimum atomic E-state index is -1.01. The number of benzene rings is 1. The highest BCUT2D eigenvalue weighted by atomic mass is 16.4. The lowest BCUT2D eigenvalue weighted by atomic mass is 10.2. The molecule has 0 saturated heterocycles. The van der Waals surface area contributed by atoms with Crippen molar-refractivity contribution in [1.82, 2.24) is 20.0 Å². The van der Waals surface area contributed by atoms with Crippen LogP contribution in [0.4, 0.5) is 5.69 Å². The Kier molecular flexibility index (Phi) is 3.11. The second kappa shape index (κ2) is 5.08. The number of amides is 1. The molecule has 21 heavy (non-hydrogen) atoms. The molecule has 3 rings (SSSR count). The second-order valence-electron chi connectivity index (χ2n) is 4.39. The molecular formula is C13H11N5O3. The van der Waals surface area contributed by atoms with Crippen molar-refractivity contribution in [2.24, 2.45) is 0 Å². The first-order chi connectivity index (χ1) is 10.1. The number of fused-ring (bicyclic) bond motifs is 1. The van der Waals surface area contributed by atoms with E-state index in [-0.39, 0.29) is 18.1 Å². The van der Waals surface area contributed by atoms with Gasteiger partial charge in [0.25, 0.3) is 5.91 Å². The maximum absolute atomic E-state index is 12.2. The van der Waals surface area contributed by atoms with Gasteiger partial charge in [0.2, 0.25) is 0 Å². The first-order valence-corrected chi connectivity index (χ1v) is 6.12. The molecule has 0 saturated carbocycles. The highest BCUT2D eigenvalue weighted by Gasteiger charge is 2.14. The normalized spacial score (nSPS) is 10.7. The first-order valence-electron chi connectivity index (χ1n) is 6.12.